The first-order chi connectivity index (χ1) is 7.88. The van der Waals surface area contributed by atoms with Crippen molar-refractivity contribution in [3.05, 3.63) is 51.9 Å². The van der Waals surface area contributed by atoms with Crippen LogP contribution in [0.1, 0.15) is 17.5 Å². The van der Waals surface area contributed by atoms with Crippen molar-refractivity contribution in [3.63, 3.8) is 0 Å². The molecule has 0 unspecified atom stereocenters. The van der Waals surface area contributed by atoms with Crippen molar-refractivity contribution in [2.24, 2.45) is 5.11 Å². The predicted octanol–water partition coefficient (Wildman–Crippen LogP) is 3.47. The van der Waals surface area contributed by atoms with Crippen molar-refractivity contribution in [3.8, 4) is 6.07 Å². The molecule has 16 heavy (non-hydrogen) atoms. The number of nitrogens with zero attached hydrogens (tertiary/aromatic N) is 4. The summed E-state index contributed by atoms with van der Waals surface area (Å²) in [6.45, 7) is 0.466. The molecule has 0 radical (unpaired) electrons. The largest absolute Gasteiger partial charge is 0.198 e. The van der Waals surface area contributed by atoms with Crippen LogP contribution in [-0.2, 0) is 6.42 Å². The monoisotopic (exact) mass is 212 g/mol. The van der Waals surface area contributed by atoms with Crippen LogP contribution in [0.3, 0.4) is 0 Å². The van der Waals surface area contributed by atoms with Crippen LogP contribution in [0.15, 0.2) is 35.5 Å². The first-order valence-corrected chi connectivity index (χ1v) is 5.00. The predicted molar refractivity (Wildman–Crippen MR) is 63.4 cm³/mol. The zero-order valence-corrected chi connectivity index (χ0v) is 8.87. The van der Waals surface area contributed by atoms with Gasteiger partial charge < -0.3 is 0 Å². The highest BCUT2D eigenvalue weighted by atomic mass is 15.1. The molecule has 0 N–H and O–H groups in total. The van der Waals surface area contributed by atoms with Gasteiger partial charge in [-0.15, -0.1) is 0 Å². The van der Waals surface area contributed by atoms with Crippen molar-refractivity contribution >= 4 is 6.08 Å². The third kappa shape index (κ3) is 3.87. The summed E-state index contributed by atoms with van der Waals surface area (Å²) >= 11 is 0. The van der Waals surface area contributed by atoms with Gasteiger partial charge in [-0.05, 0) is 23.1 Å². The van der Waals surface area contributed by atoms with E-state index in [4.69, 9.17) is 10.8 Å². The molecule has 1 aromatic rings. The number of hydrogen-bond donors (Lipinski definition) is 0. The minimum atomic E-state index is 0.414. The summed E-state index contributed by atoms with van der Waals surface area (Å²) in [7, 11) is 0. The molecular formula is C12H12N4. The zero-order chi connectivity index (χ0) is 11.6. The number of azide groups is 1. The fourth-order valence-electron chi connectivity index (χ4n) is 1.33. The lowest BCUT2D eigenvalue weighted by Crippen LogP contribution is -1.86. The maximum atomic E-state index is 8.66. The second-order valence-corrected chi connectivity index (χ2v) is 3.18. The first kappa shape index (κ1) is 11.8. The van der Waals surface area contributed by atoms with E-state index in [9.17, 15) is 0 Å². The average molecular weight is 212 g/mol. The molecular weight excluding hydrogens is 200 g/mol. The lowest BCUT2D eigenvalue weighted by molar-refractivity contribution is 0.995. The van der Waals surface area contributed by atoms with Gasteiger partial charge in [0.1, 0.15) is 0 Å². The number of rotatable bonds is 5. The van der Waals surface area contributed by atoms with E-state index in [-0.39, 0.29) is 0 Å². The van der Waals surface area contributed by atoms with Crippen molar-refractivity contribution in [1.29, 1.82) is 5.26 Å². The van der Waals surface area contributed by atoms with Crippen LogP contribution < -0.4 is 0 Å². The molecule has 0 atom stereocenters. The van der Waals surface area contributed by atoms with E-state index in [2.05, 4.69) is 16.1 Å². The summed E-state index contributed by atoms with van der Waals surface area (Å²) in [4.78, 5) is 2.68. The Labute approximate surface area is 94.5 Å². The molecule has 4 nitrogen and oxygen atoms in total. The van der Waals surface area contributed by atoms with E-state index in [1.54, 1.807) is 0 Å². The Hall–Kier alpha value is -2.24. The van der Waals surface area contributed by atoms with E-state index in [0.29, 0.717) is 19.4 Å². The summed E-state index contributed by atoms with van der Waals surface area (Å²) < 4.78 is 0. The third-order valence-corrected chi connectivity index (χ3v) is 2.08. The highest BCUT2D eigenvalue weighted by Gasteiger charge is 1.96. The topological polar surface area (TPSA) is 72.5 Å². The Morgan fingerprint density at radius 2 is 2.25 bits per heavy atom. The molecule has 0 spiro atoms. The second kappa shape index (κ2) is 7.10. The van der Waals surface area contributed by atoms with Crippen LogP contribution in [0, 0.1) is 11.3 Å². The third-order valence-electron chi connectivity index (χ3n) is 2.08. The van der Waals surface area contributed by atoms with Gasteiger partial charge in [0.25, 0.3) is 0 Å². The summed E-state index contributed by atoms with van der Waals surface area (Å²) in [6, 6.07) is 9.90. The molecule has 0 bridgehead atoms. The highest BCUT2D eigenvalue weighted by Crippen LogP contribution is 2.11. The van der Waals surface area contributed by atoms with Gasteiger partial charge in [-0.2, -0.15) is 5.26 Å². The van der Waals surface area contributed by atoms with Crippen LogP contribution in [-0.4, -0.2) is 6.54 Å². The molecule has 0 aromatic heterocycles. The normalized spacial score (nSPS) is 9.69. The molecule has 1 aromatic carbocycles. The number of nitriles is 1. The summed E-state index contributed by atoms with van der Waals surface area (Å²) in [5.74, 6) is 0. The van der Waals surface area contributed by atoms with Crippen LogP contribution in [0.5, 0.6) is 0 Å². The van der Waals surface area contributed by atoms with Gasteiger partial charge in [0.15, 0.2) is 0 Å². The van der Waals surface area contributed by atoms with Crippen LogP contribution >= 0.6 is 0 Å². The van der Waals surface area contributed by atoms with E-state index in [1.165, 1.54) is 0 Å². The van der Waals surface area contributed by atoms with E-state index >= 15 is 0 Å². The second-order valence-electron chi connectivity index (χ2n) is 3.18. The van der Waals surface area contributed by atoms with Gasteiger partial charge in [-0.3, -0.25) is 0 Å². The maximum Gasteiger partial charge on any atom is 0.0669 e. The molecule has 1 rings (SSSR count). The molecule has 0 saturated carbocycles. The van der Waals surface area contributed by atoms with Crippen molar-refractivity contribution in [2.45, 2.75) is 12.8 Å². The minimum Gasteiger partial charge on any atom is -0.198 e. The first-order valence-electron chi connectivity index (χ1n) is 5.00. The molecule has 0 amide bonds. The number of benzene rings is 1. The highest BCUT2D eigenvalue weighted by molar-refractivity contribution is 5.54. The van der Waals surface area contributed by atoms with Crippen LogP contribution in [0.2, 0.25) is 0 Å². The number of hydrogen-bond acceptors (Lipinski definition) is 2. The lowest BCUT2D eigenvalue weighted by Gasteiger charge is -2.00. The minimum absolute atomic E-state index is 0.414. The molecule has 0 heterocycles. The summed E-state index contributed by atoms with van der Waals surface area (Å²) in [6.07, 6.45) is 5.03. The van der Waals surface area contributed by atoms with Gasteiger partial charge in [0.2, 0.25) is 0 Å². The Bertz CT molecular complexity index is 450. The van der Waals surface area contributed by atoms with Crippen molar-refractivity contribution < 1.29 is 0 Å². The van der Waals surface area contributed by atoms with Gasteiger partial charge in [0, 0.05) is 11.5 Å². The molecule has 0 aliphatic carbocycles. The Balaban J connectivity index is 2.65. The smallest absolute Gasteiger partial charge is 0.0669 e. The standard InChI is InChI=1S/C12H12N4/c13-9-8-12-6-2-1-5-11(12)7-3-4-10-15-16-14/h1-3,5-7H,4,8,10H2. The van der Waals surface area contributed by atoms with Gasteiger partial charge in [-0.1, -0.05) is 41.5 Å². The summed E-state index contributed by atoms with van der Waals surface area (Å²) in [5.41, 5.74) is 10.2. The van der Waals surface area contributed by atoms with Gasteiger partial charge in [0.05, 0.1) is 12.5 Å². The van der Waals surface area contributed by atoms with E-state index in [1.807, 2.05) is 36.4 Å². The maximum absolute atomic E-state index is 8.66. The quantitative estimate of drug-likeness (QED) is 0.319. The lowest BCUT2D eigenvalue weighted by atomic mass is 10.0. The molecule has 80 valence electrons. The van der Waals surface area contributed by atoms with Gasteiger partial charge in [-0.25, -0.2) is 0 Å². The molecule has 0 aliphatic rings. The van der Waals surface area contributed by atoms with Crippen molar-refractivity contribution in [2.75, 3.05) is 6.54 Å². The average Bonchev–Trinajstić information content (AvgIpc) is 2.31. The van der Waals surface area contributed by atoms with Crippen LogP contribution in [0.4, 0.5) is 0 Å². The Kier molecular flexibility index (Phi) is 5.25. The zero-order valence-electron chi connectivity index (χ0n) is 8.87. The molecule has 4 heteroatoms. The SMILES string of the molecule is N#CCc1ccccc1C=CCCN=[N+]=[N-]. The van der Waals surface area contributed by atoms with Crippen LogP contribution in [0.25, 0.3) is 16.5 Å². The molecule has 0 fully saturated rings. The van der Waals surface area contributed by atoms with E-state index < -0.39 is 0 Å². The van der Waals surface area contributed by atoms with Gasteiger partial charge >= 0.3 is 0 Å². The Morgan fingerprint density at radius 3 is 3.00 bits per heavy atom. The van der Waals surface area contributed by atoms with Crippen molar-refractivity contribution in [1.82, 2.24) is 0 Å². The fourth-order valence-corrected chi connectivity index (χ4v) is 1.33. The molecule has 0 aliphatic heterocycles. The van der Waals surface area contributed by atoms with E-state index in [0.717, 1.165) is 11.1 Å². The molecule has 0 saturated heterocycles. The fraction of sp³-hybridized carbons (Fsp3) is 0.250. The Morgan fingerprint density at radius 1 is 1.44 bits per heavy atom. The summed E-state index contributed by atoms with van der Waals surface area (Å²) in [5, 5.41) is 12.1.